The molecule has 4 fully saturated rings. The van der Waals surface area contributed by atoms with E-state index < -0.39 is 10.0 Å². The van der Waals surface area contributed by atoms with E-state index in [4.69, 9.17) is 4.74 Å². The van der Waals surface area contributed by atoms with Crippen molar-refractivity contribution in [3.05, 3.63) is 35.9 Å². The third kappa shape index (κ3) is 3.93. The van der Waals surface area contributed by atoms with Gasteiger partial charge in [0.25, 0.3) is 0 Å². The summed E-state index contributed by atoms with van der Waals surface area (Å²) in [5.74, 6) is 0.423. The predicted octanol–water partition coefficient (Wildman–Crippen LogP) is 3.07. The number of piperidine rings is 1. The Morgan fingerprint density at radius 2 is 1.74 bits per heavy atom. The van der Waals surface area contributed by atoms with Crippen LogP contribution in [-0.2, 0) is 25.0 Å². The van der Waals surface area contributed by atoms with E-state index in [9.17, 15) is 13.2 Å². The number of amides is 1. The van der Waals surface area contributed by atoms with E-state index in [0.717, 1.165) is 56.9 Å². The molecule has 0 aromatic heterocycles. The Bertz CT molecular complexity index is 916. The van der Waals surface area contributed by atoms with E-state index in [1.807, 2.05) is 27.4 Å². The van der Waals surface area contributed by atoms with Gasteiger partial charge in [-0.1, -0.05) is 30.3 Å². The van der Waals surface area contributed by atoms with Gasteiger partial charge in [0.05, 0.1) is 16.8 Å². The summed E-state index contributed by atoms with van der Waals surface area (Å²) < 4.78 is 33.7. The Balaban J connectivity index is 1.26. The first-order valence-electron chi connectivity index (χ1n) is 11.9. The molecule has 1 unspecified atom stereocenters. The van der Waals surface area contributed by atoms with Crippen molar-refractivity contribution < 1.29 is 17.9 Å². The van der Waals surface area contributed by atoms with E-state index in [0.29, 0.717) is 19.7 Å². The van der Waals surface area contributed by atoms with Gasteiger partial charge in [-0.25, -0.2) is 8.42 Å². The van der Waals surface area contributed by atoms with Crippen LogP contribution in [-0.4, -0.2) is 66.7 Å². The van der Waals surface area contributed by atoms with Gasteiger partial charge >= 0.3 is 0 Å². The fourth-order valence-corrected chi connectivity index (χ4v) is 7.32. The van der Waals surface area contributed by atoms with Crippen LogP contribution in [0.2, 0.25) is 0 Å². The molecule has 1 amide bonds. The van der Waals surface area contributed by atoms with Crippen LogP contribution in [0.3, 0.4) is 0 Å². The van der Waals surface area contributed by atoms with Gasteiger partial charge in [0, 0.05) is 31.8 Å². The maximum Gasteiger partial charge on any atom is 0.233 e. The molecule has 31 heavy (non-hydrogen) atoms. The van der Waals surface area contributed by atoms with Crippen molar-refractivity contribution in [3.8, 4) is 0 Å². The standard InChI is InChI=1S/C24H34N2O4S/c1-2-31(28,29)26(20-8-9-20)21-10-17-30-23(18-21)13-15-25(16-14-23)22(27)24(11-12-24)19-6-4-3-5-7-19/h3-7,20-21H,2,8-18H2,1H3. The number of rotatable bonds is 6. The molecule has 2 aliphatic carbocycles. The van der Waals surface area contributed by atoms with Crippen LogP contribution in [0, 0.1) is 0 Å². The molecular weight excluding hydrogens is 412 g/mol. The highest BCUT2D eigenvalue weighted by atomic mass is 32.2. The summed E-state index contributed by atoms with van der Waals surface area (Å²) in [6, 6.07) is 10.4. The molecule has 4 aliphatic rings. The number of benzene rings is 1. The summed E-state index contributed by atoms with van der Waals surface area (Å²) in [4.78, 5) is 15.4. The Hall–Kier alpha value is -1.44. The second-order valence-corrected chi connectivity index (χ2v) is 12.0. The Morgan fingerprint density at radius 1 is 1.06 bits per heavy atom. The Morgan fingerprint density at radius 3 is 2.32 bits per heavy atom. The van der Waals surface area contributed by atoms with Crippen molar-refractivity contribution in [1.82, 2.24) is 9.21 Å². The molecule has 1 spiro atoms. The average Bonchev–Trinajstić information content (AvgIpc) is 3.70. The van der Waals surface area contributed by atoms with Crippen molar-refractivity contribution in [2.24, 2.45) is 0 Å². The van der Waals surface area contributed by atoms with Crippen LogP contribution in [0.1, 0.15) is 63.9 Å². The Kier molecular flexibility index (Phi) is 5.42. The summed E-state index contributed by atoms with van der Waals surface area (Å²) in [6.45, 7) is 3.74. The largest absolute Gasteiger partial charge is 0.375 e. The zero-order valence-electron chi connectivity index (χ0n) is 18.5. The molecule has 7 heteroatoms. The second-order valence-electron chi connectivity index (χ2n) is 9.88. The highest BCUT2D eigenvalue weighted by molar-refractivity contribution is 7.89. The van der Waals surface area contributed by atoms with E-state index in [-0.39, 0.29) is 34.8 Å². The number of likely N-dealkylation sites (tertiary alicyclic amines) is 1. The van der Waals surface area contributed by atoms with Crippen LogP contribution in [0.25, 0.3) is 0 Å². The lowest BCUT2D eigenvalue weighted by Gasteiger charge is -2.48. The van der Waals surface area contributed by atoms with Gasteiger partial charge in [-0.3, -0.25) is 4.79 Å². The minimum absolute atomic E-state index is 0.0348. The van der Waals surface area contributed by atoms with Crippen LogP contribution in [0.4, 0.5) is 0 Å². The molecule has 170 valence electrons. The highest BCUT2D eigenvalue weighted by Gasteiger charge is 2.54. The van der Waals surface area contributed by atoms with Crippen LogP contribution < -0.4 is 0 Å². The van der Waals surface area contributed by atoms with Crippen molar-refractivity contribution in [2.75, 3.05) is 25.4 Å². The van der Waals surface area contributed by atoms with Gasteiger partial charge in [-0.15, -0.1) is 0 Å². The fourth-order valence-electron chi connectivity index (χ4n) is 5.73. The minimum Gasteiger partial charge on any atom is -0.375 e. The number of carbonyl (C=O) groups is 1. The normalized spacial score (nSPS) is 27.4. The molecule has 2 saturated carbocycles. The number of hydrogen-bond acceptors (Lipinski definition) is 4. The van der Waals surface area contributed by atoms with Gasteiger partial charge in [0.1, 0.15) is 0 Å². The fraction of sp³-hybridized carbons (Fsp3) is 0.708. The summed E-state index contributed by atoms with van der Waals surface area (Å²) in [5, 5.41) is 0. The molecule has 2 saturated heterocycles. The van der Waals surface area contributed by atoms with Gasteiger partial charge in [0.2, 0.25) is 15.9 Å². The highest BCUT2D eigenvalue weighted by Crippen LogP contribution is 2.50. The zero-order valence-corrected chi connectivity index (χ0v) is 19.3. The van der Waals surface area contributed by atoms with Crippen LogP contribution >= 0.6 is 0 Å². The number of ether oxygens (including phenoxy) is 1. The lowest BCUT2D eigenvalue weighted by molar-refractivity contribution is -0.149. The molecule has 2 heterocycles. The number of nitrogens with zero attached hydrogens (tertiary/aromatic N) is 2. The molecule has 1 aromatic carbocycles. The molecule has 5 rings (SSSR count). The zero-order chi connectivity index (χ0) is 21.7. The predicted molar refractivity (Wildman–Crippen MR) is 119 cm³/mol. The molecule has 1 atom stereocenters. The van der Waals surface area contributed by atoms with Gasteiger partial charge in [-0.05, 0) is 63.9 Å². The van der Waals surface area contributed by atoms with E-state index in [1.165, 1.54) is 0 Å². The molecule has 6 nitrogen and oxygen atoms in total. The average molecular weight is 447 g/mol. The van der Waals surface area contributed by atoms with E-state index >= 15 is 0 Å². The number of sulfonamides is 1. The van der Waals surface area contributed by atoms with Crippen LogP contribution in [0.15, 0.2) is 30.3 Å². The van der Waals surface area contributed by atoms with Crippen molar-refractivity contribution >= 4 is 15.9 Å². The molecular formula is C24H34N2O4S. The smallest absolute Gasteiger partial charge is 0.233 e. The first-order chi connectivity index (χ1) is 14.9. The summed E-state index contributed by atoms with van der Waals surface area (Å²) >= 11 is 0. The molecule has 0 radical (unpaired) electrons. The lowest BCUT2D eigenvalue weighted by atomic mass is 9.81. The first-order valence-corrected chi connectivity index (χ1v) is 13.5. The SMILES string of the molecule is CCS(=O)(=O)N(C1CC1)C1CCOC2(CCN(C(=O)C3(c4ccccc4)CC3)CC2)C1. The van der Waals surface area contributed by atoms with Gasteiger partial charge in [-0.2, -0.15) is 4.31 Å². The number of hydrogen-bond donors (Lipinski definition) is 0. The molecule has 0 bridgehead atoms. The first kappa shape index (κ1) is 21.4. The summed E-state index contributed by atoms with van der Waals surface area (Å²) in [6.07, 6.45) is 6.95. The number of carbonyl (C=O) groups excluding carboxylic acids is 1. The second kappa shape index (κ2) is 7.85. The van der Waals surface area contributed by atoms with E-state index in [1.54, 1.807) is 6.92 Å². The third-order valence-electron chi connectivity index (χ3n) is 7.87. The topological polar surface area (TPSA) is 66.9 Å². The maximum atomic E-state index is 13.4. The third-order valence-corrected chi connectivity index (χ3v) is 9.84. The summed E-state index contributed by atoms with van der Waals surface area (Å²) in [7, 11) is -3.20. The molecule has 0 N–H and O–H groups in total. The van der Waals surface area contributed by atoms with Gasteiger partial charge < -0.3 is 9.64 Å². The lowest BCUT2D eigenvalue weighted by Crippen LogP contribution is -2.56. The van der Waals surface area contributed by atoms with E-state index in [2.05, 4.69) is 12.1 Å². The molecule has 1 aromatic rings. The van der Waals surface area contributed by atoms with Gasteiger partial charge in [0.15, 0.2) is 0 Å². The quantitative estimate of drug-likeness (QED) is 0.674. The monoisotopic (exact) mass is 446 g/mol. The van der Waals surface area contributed by atoms with Crippen LogP contribution in [0.5, 0.6) is 0 Å². The maximum absolute atomic E-state index is 13.4. The van der Waals surface area contributed by atoms with Crippen molar-refractivity contribution in [2.45, 2.75) is 81.4 Å². The molecule has 2 aliphatic heterocycles. The minimum atomic E-state index is -3.20. The summed E-state index contributed by atoms with van der Waals surface area (Å²) in [5.41, 5.74) is 0.526. The van der Waals surface area contributed by atoms with Crippen molar-refractivity contribution in [3.63, 3.8) is 0 Å². The van der Waals surface area contributed by atoms with Crippen molar-refractivity contribution in [1.29, 1.82) is 0 Å². The Labute approximate surface area is 186 Å².